The molecule has 0 aliphatic carbocycles. The summed E-state index contributed by atoms with van der Waals surface area (Å²) < 4.78 is 44.3. The number of amides is 1. The lowest BCUT2D eigenvalue weighted by Crippen LogP contribution is -2.30. The molecule has 2 aromatic rings. The highest BCUT2D eigenvalue weighted by Crippen LogP contribution is 2.20. The van der Waals surface area contributed by atoms with Crippen molar-refractivity contribution in [2.75, 3.05) is 5.32 Å². The Bertz CT molecular complexity index is 719. The average molecular weight is 343 g/mol. The first-order chi connectivity index (χ1) is 10.9. The van der Waals surface area contributed by atoms with Crippen LogP contribution in [0, 0.1) is 17.5 Å². The van der Waals surface area contributed by atoms with E-state index in [1.54, 1.807) is 16.8 Å². The number of hydrogen-bond acceptors (Lipinski definition) is 4. The predicted octanol–water partition coefficient (Wildman–Crippen LogP) is 3.28. The van der Waals surface area contributed by atoms with Crippen molar-refractivity contribution >= 4 is 28.9 Å². The molecule has 0 fully saturated rings. The maximum absolute atomic E-state index is 13.5. The molecule has 122 valence electrons. The van der Waals surface area contributed by atoms with Crippen molar-refractivity contribution in [3.63, 3.8) is 0 Å². The van der Waals surface area contributed by atoms with Crippen LogP contribution in [0.4, 0.5) is 18.9 Å². The van der Waals surface area contributed by atoms with Crippen LogP contribution in [0.3, 0.4) is 0 Å². The summed E-state index contributed by atoms with van der Waals surface area (Å²) >= 11 is 1.42. The van der Waals surface area contributed by atoms with Gasteiger partial charge in [0.1, 0.15) is 0 Å². The zero-order chi connectivity index (χ0) is 17.0. The smallest absolute Gasteiger partial charge is 0.311 e. The number of carbonyl (C=O) groups is 2. The number of carbonyl (C=O) groups excluding carboxylic acids is 2. The van der Waals surface area contributed by atoms with E-state index < -0.39 is 41.1 Å². The van der Waals surface area contributed by atoms with Crippen molar-refractivity contribution in [3.05, 3.63) is 52.0 Å². The van der Waals surface area contributed by atoms with Gasteiger partial charge >= 0.3 is 5.97 Å². The second kappa shape index (κ2) is 7.28. The van der Waals surface area contributed by atoms with Gasteiger partial charge in [0.05, 0.1) is 12.1 Å². The molecule has 0 spiro atoms. The van der Waals surface area contributed by atoms with Gasteiger partial charge in [-0.25, -0.2) is 13.2 Å². The molecule has 4 nitrogen and oxygen atoms in total. The number of thiophene rings is 1. The average Bonchev–Trinajstić information content (AvgIpc) is 3.00. The Morgan fingerprint density at radius 2 is 1.96 bits per heavy atom. The van der Waals surface area contributed by atoms with Gasteiger partial charge in [-0.05, 0) is 41.4 Å². The second-order valence-corrected chi connectivity index (χ2v) is 5.43. The third-order valence-electron chi connectivity index (χ3n) is 2.90. The quantitative estimate of drug-likeness (QED) is 0.670. The minimum absolute atomic E-state index is 0.000652. The molecule has 1 aromatic heterocycles. The lowest BCUT2D eigenvalue weighted by molar-refractivity contribution is -0.152. The van der Waals surface area contributed by atoms with Gasteiger partial charge in [0.2, 0.25) is 0 Å². The molecule has 0 bridgehead atoms. The monoisotopic (exact) mass is 343 g/mol. The fraction of sp³-hybridized carbons (Fsp3) is 0.200. The number of rotatable bonds is 5. The molecule has 1 amide bonds. The van der Waals surface area contributed by atoms with Crippen LogP contribution in [-0.2, 0) is 20.7 Å². The Morgan fingerprint density at radius 3 is 2.61 bits per heavy atom. The van der Waals surface area contributed by atoms with E-state index in [-0.39, 0.29) is 6.42 Å². The Balaban J connectivity index is 1.95. The van der Waals surface area contributed by atoms with Crippen LogP contribution in [0.5, 0.6) is 0 Å². The molecular weight excluding hydrogens is 331 g/mol. The van der Waals surface area contributed by atoms with E-state index in [0.717, 1.165) is 11.6 Å². The molecule has 23 heavy (non-hydrogen) atoms. The summed E-state index contributed by atoms with van der Waals surface area (Å²) in [4.78, 5) is 23.5. The highest BCUT2D eigenvalue weighted by atomic mass is 32.1. The summed E-state index contributed by atoms with van der Waals surface area (Å²) in [6, 6.07) is 3.31. The predicted molar refractivity (Wildman–Crippen MR) is 78.5 cm³/mol. The van der Waals surface area contributed by atoms with E-state index in [0.29, 0.717) is 6.07 Å². The Morgan fingerprint density at radius 1 is 1.22 bits per heavy atom. The summed E-state index contributed by atoms with van der Waals surface area (Å²) in [6.45, 7) is 1.29. The van der Waals surface area contributed by atoms with Crippen molar-refractivity contribution in [1.82, 2.24) is 0 Å². The topological polar surface area (TPSA) is 55.4 Å². The third-order valence-corrected chi connectivity index (χ3v) is 3.63. The maximum Gasteiger partial charge on any atom is 0.311 e. The second-order valence-electron chi connectivity index (χ2n) is 4.65. The number of anilines is 1. The number of benzene rings is 1. The molecule has 0 unspecified atom stereocenters. The number of hydrogen-bond donors (Lipinski definition) is 1. The highest BCUT2D eigenvalue weighted by Gasteiger charge is 2.21. The number of nitrogens with one attached hydrogen (secondary N) is 1. The molecule has 1 heterocycles. The summed E-state index contributed by atoms with van der Waals surface area (Å²) in [5.74, 6) is -6.05. The third kappa shape index (κ3) is 4.32. The molecule has 0 saturated carbocycles. The van der Waals surface area contributed by atoms with E-state index in [2.05, 4.69) is 0 Å². The molecule has 0 aliphatic heterocycles. The Hall–Kier alpha value is -2.35. The van der Waals surface area contributed by atoms with Crippen molar-refractivity contribution in [2.24, 2.45) is 0 Å². The van der Waals surface area contributed by atoms with Gasteiger partial charge in [0, 0.05) is 0 Å². The molecule has 8 heteroatoms. The van der Waals surface area contributed by atoms with Gasteiger partial charge < -0.3 is 10.1 Å². The minimum atomic E-state index is -1.69. The van der Waals surface area contributed by atoms with Gasteiger partial charge in [-0.3, -0.25) is 9.59 Å². The van der Waals surface area contributed by atoms with E-state index in [9.17, 15) is 22.8 Å². The molecular formula is C15H12F3NO3S. The fourth-order valence-electron chi connectivity index (χ4n) is 1.71. The van der Waals surface area contributed by atoms with E-state index in [4.69, 9.17) is 4.74 Å². The van der Waals surface area contributed by atoms with E-state index in [1.165, 1.54) is 18.3 Å². The summed E-state index contributed by atoms with van der Waals surface area (Å²) in [6.07, 6.45) is -1.21. The first-order valence-electron chi connectivity index (χ1n) is 6.53. The number of ether oxygens (including phenoxy) is 1. The van der Waals surface area contributed by atoms with Crippen molar-refractivity contribution < 1.29 is 27.5 Å². The number of esters is 1. The Labute approximate surface area is 133 Å². The molecule has 0 saturated heterocycles. The van der Waals surface area contributed by atoms with Crippen LogP contribution in [0.15, 0.2) is 29.0 Å². The molecule has 1 N–H and O–H groups in total. The fourth-order valence-corrected chi connectivity index (χ4v) is 2.38. The highest BCUT2D eigenvalue weighted by molar-refractivity contribution is 7.07. The van der Waals surface area contributed by atoms with E-state index in [1.807, 2.05) is 5.32 Å². The van der Waals surface area contributed by atoms with Crippen LogP contribution < -0.4 is 5.32 Å². The first kappa shape index (κ1) is 17.0. The summed E-state index contributed by atoms with van der Waals surface area (Å²) in [5, 5.41) is 5.61. The van der Waals surface area contributed by atoms with Gasteiger partial charge in [0.25, 0.3) is 5.91 Å². The largest absolute Gasteiger partial charge is 0.452 e. The summed E-state index contributed by atoms with van der Waals surface area (Å²) in [7, 11) is 0. The molecule has 1 atom stereocenters. The minimum Gasteiger partial charge on any atom is -0.452 e. The van der Waals surface area contributed by atoms with Crippen LogP contribution in [0.2, 0.25) is 0 Å². The number of halogens is 3. The van der Waals surface area contributed by atoms with Crippen molar-refractivity contribution in [2.45, 2.75) is 19.4 Å². The zero-order valence-electron chi connectivity index (χ0n) is 11.9. The van der Waals surface area contributed by atoms with Crippen LogP contribution in [-0.4, -0.2) is 18.0 Å². The zero-order valence-corrected chi connectivity index (χ0v) is 12.8. The SMILES string of the molecule is C[C@@H](OC(=O)Cc1ccsc1)C(=O)Nc1ccc(F)c(F)c1F. The van der Waals surface area contributed by atoms with Gasteiger partial charge in [-0.1, -0.05) is 0 Å². The van der Waals surface area contributed by atoms with Gasteiger partial charge in [0.15, 0.2) is 23.6 Å². The van der Waals surface area contributed by atoms with E-state index >= 15 is 0 Å². The van der Waals surface area contributed by atoms with Crippen LogP contribution in [0.1, 0.15) is 12.5 Å². The molecule has 1 aromatic carbocycles. The lowest BCUT2D eigenvalue weighted by Gasteiger charge is -2.14. The molecule has 0 radical (unpaired) electrons. The van der Waals surface area contributed by atoms with Crippen molar-refractivity contribution in [1.29, 1.82) is 0 Å². The van der Waals surface area contributed by atoms with Crippen molar-refractivity contribution in [3.8, 4) is 0 Å². The standard InChI is InChI=1S/C15H12F3NO3S/c1-8(22-12(20)6-9-4-5-23-7-9)15(21)19-11-3-2-10(16)13(17)14(11)18/h2-5,7-8H,6H2,1H3,(H,19,21)/t8-/m1/s1. The van der Waals surface area contributed by atoms with Gasteiger partial charge in [-0.15, -0.1) is 0 Å². The van der Waals surface area contributed by atoms with Crippen LogP contribution >= 0.6 is 11.3 Å². The van der Waals surface area contributed by atoms with Gasteiger partial charge in [-0.2, -0.15) is 11.3 Å². The molecule has 0 aliphatic rings. The van der Waals surface area contributed by atoms with Crippen LogP contribution in [0.25, 0.3) is 0 Å². The Kier molecular flexibility index (Phi) is 5.38. The normalized spacial score (nSPS) is 11.8. The lowest BCUT2D eigenvalue weighted by atomic mass is 10.2. The molecule has 2 rings (SSSR count). The summed E-state index contributed by atoms with van der Waals surface area (Å²) in [5.41, 5.74) is 0.217. The first-order valence-corrected chi connectivity index (χ1v) is 7.47. The maximum atomic E-state index is 13.5.